The summed E-state index contributed by atoms with van der Waals surface area (Å²) in [4.78, 5) is 23.5. The Morgan fingerprint density at radius 2 is 1.06 bits per heavy atom. The Morgan fingerprint density at radius 3 is 1.58 bits per heavy atom. The molecule has 4 heteroatoms. The lowest BCUT2D eigenvalue weighted by atomic mass is 10.0. The van der Waals surface area contributed by atoms with Gasteiger partial charge < -0.3 is 9.84 Å². The van der Waals surface area contributed by atoms with E-state index in [0.717, 1.165) is 16.7 Å². The number of para-hydroxylation sites is 1. The second-order valence-corrected chi connectivity index (χ2v) is 6.64. The Hall–Kier alpha value is -4.18. The van der Waals surface area contributed by atoms with E-state index in [0.29, 0.717) is 0 Å². The molecule has 0 aliphatic heterocycles. The average molecular weight is 410 g/mol. The van der Waals surface area contributed by atoms with Gasteiger partial charge in [0, 0.05) is 11.1 Å². The molecule has 0 atom stereocenters. The van der Waals surface area contributed by atoms with Gasteiger partial charge in [-0.3, -0.25) is 4.79 Å². The van der Waals surface area contributed by atoms with Crippen LogP contribution < -0.4 is 0 Å². The maximum Gasteiger partial charge on any atom is 0.342 e. The zero-order valence-electron chi connectivity index (χ0n) is 16.8. The summed E-state index contributed by atoms with van der Waals surface area (Å²) in [6.45, 7) is 0.202. The van der Waals surface area contributed by atoms with E-state index in [4.69, 9.17) is 4.74 Å². The number of benzene rings is 4. The molecule has 0 amide bonds. The Morgan fingerprint density at radius 1 is 0.613 bits per heavy atom. The molecule has 1 N–H and O–H groups in total. The smallest absolute Gasteiger partial charge is 0.342 e. The highest BCUT2D eigenvalue weighted by Gasteiger charge is 2.11. The van der Waals surface area contributed by atoms with Crippen LogP contribution >= 0.6 is 0 Å². The summed E-state index contributed by atoms with van der Waals surface area (Å²) in [5.41, 5.74) is 2.57. The van der Waals surface area contributed by atoms with E-state index in [-0.39, 0.29) is 23.7 Å². The zero-order chi connectivity index (χ0) is 21.9. The summed E-state index contributed by atoms with van der Waals surface area (Å²) in [5, 5.41) is 9.48. The minimum Gasteiger partial charge on any atom is -0.507 e. The number of hydrogen-bond donors (Lipinski definition) is 1. The van der Waals surface area contributed by atoms with Crippen LogP contribution in [0.5, 0.6) is 5.75 Å². The van der Waals surface area contributed by atoms with Gasteiger partial charge in [-0.05, 0) is 17.7 Å². The lowest BCUT2D eigenvalue weighted by Crippen LogP contribution is -2.05. The molecule has 4 nitrogen and oxygen atoms in total. The fraction of sp³-hybridized carbons (Fsp3) is 0.0370. The highest BCUT2D eigenvalue weighted by Crippen LogP contribution is 2.17. The lowest BCUT2D eigenvalue weighted by molar-refractivity contribution is 0.0469. The molecule has 0 saturated heterocycles. The summed E-state index contributed by atoms with van der Waals surface area (Å²) in [6, 6.07) is 34.3. The number of carbonyl (C=O) groups excluding carboxylic acids is 2. The van der Waals surface area contributed by atoms with E-state index >= 15 is 0 Å². The van der Waals surface area contributed by atoms with Crippen LogP contribution in [0.15, 0.2) is 115 Å². The molecule has 0 unspecified atom stereocenters. The molecule has 0 bridgehead atoms. The molecular formula is C27H22O4. The number of ether oxygens (including phenoxy) is 1. The summed E-state index contributed by atoms with van der Waals surface area (Å²) in [6.07, 6.45) is 0. The fourth-order valence-corrected chi connectivity index (χ4v) is 2.79. The van der Waals surface area contributed by atoms with E-state index in [1.54, 1.807) is 12.1 Å². The SMILES string of the molecule is O=C(OCc1ccccc1)c1ccccc1O.O=C(c1ccccc1)c1ccccc1. The number of phenols is 1. The van der Waals surface area contributed by atoms with Gasteiger partial charge in [0.05, 0.1) is 0 Å². The summed E-state index contributed by atoms with van der Waals surface area (Å²) < 4.78 is 5.10. The minimum absolute atomic E-state index is 0.0643. The van der Waals surface area contributed by atoms with Crippen LogP contribution in [-0.4, -0.2) is 16.9 Å². The second kappa shape index (κ2) is 11.1. The van der Waals surface area contributed by atoms with Crippen LogP contribution in [0, 0.1) is 0 Å². The third kappa shape index (κ3) is 6.41. The van der Waals surface area contributed by atoms with Crippen molar-refractivity contribution >= 4 is 11.8 Å². The molecule has 4 rings (SSSR count). The predicted octanol–water partition coefficient (Wildman–Crippen LogP) is 5.67. The molecule has 154 valence electrons. The first kappa shape index (κ1) is 21.5. The standard InChI is InChI=1S/C14H12O3.C13H10O/c15-13-9-5-4-8-12(13)14(16)17-10-11-6-2-1-3-7-11;14-13(11-7-3-1-4-8-11)12-9-5-2-6-10-12/h1-9,15H,10H2;1-10H. The Labute approximate surface area is 181 Å². The molecular weight excluding hydrogens is 388 g/mol. The molecule has 0 fully saturated rings. The minimum atomic E-state index is -0.521. The van der Waals surface area contributed by atoms with Gasteiger partial charge >= 0.3 is 5.97 Å². The zero-order valence-corrected chi connectivity index (χ0v) is 16.8. The van der Waals surface area contributed by atoms with Crippen LogP contribution in [-0.2, 0) is 11.3 Å². The summed E-state index contributed by atoms with van der Waals surface area (Å²) in [7, 11) is 0. The van der Waals surface area contributed by atoms with Crippen LogP contribution in [0.2, 0.25) is 0 Å². The molecule has 0 aromatic heterocycles. The second-order valence-electron chi connectivity index (χ2n) is 6.64. The quantitative estimate of drug-likeness (QED) is 0.340. The van der Waals surface area contributed by atoms with E-state index < -0.39 is 5.97 Å². The van der Waals surface area contributed by atoms with Crippen molar-refractivity contribution in [3.63, 3.8) is 0 Å². The Kier molecular flexibility index (Phi) is 7.72. The van der Waals surface area contributed by atoms with Crippen molar-refractivity contribution in [3.05, 3.63) is 138 Å². The monoisotopic (exact) mass is 410 g/mol. The molecule has 0 spiro atoms. The Balaban J connectivity index is 0.000000179. The molecule has 0 heterocycles. The van der Waals surface area contributed by atoms with Gasteiger partial charge in [-0.25, -0.2) is 4.79 Å². The van der Waals surface area contributed by atoms with Crippen LogP contribution in [0.4, 0.5) is 0 Å². The fourth-order valence-electron chi connectivity index (χ4n) is 2.79. The van der Waals surface area contributed by atoms with Gasteiger partial charge in [0.1, 0.15) is 17.9 Å². The lowest BCUT2D eigenvalue weighted by Gasteiger charge is -2.05. The third-order valence-corrected chi connectivity index (χ3v) is 4.41. The van der Waals surface area contributed by atoms with Gasteiger partial charge in [0.15, 0.2) is 5.78 Å². The highest BCUT2D eigenvalue weighted by molar-refractivity contribution is 6.08. The van der Waals surface area contributed by atoms with Crippen molar-refractivity contribution in [1.29, 1.82) is 0 Å². The Bertz CT molecular complexity index is 1070. The van der Waals surface area contributed by atoms with E-state index in [2.05, 4.69) is 0 Å². The first-order valence-corrected chi connectivity index (χ1v) is 9.79. The van der Waals surface area contributed by atoms with Crippen LogP contribution in [0.25, 0.3) is 0 Å². The number of aromatic hydroxyl groups is 1. The van der Waals surface area contributed by atoms with E-state index in [1.807, 2.05) is 91.0 Å². The van der Waals surface area contributed by atoms with Gasteiger partial charge in [-0.1, -0.05) is 103 Å². The van der Waals surface area contributed by atoms with Crippen LogP contribution in [0.3, 0.4) is 0 Å². The first-order chi connectivity index (χ1) is 15.1. The molecule has 0 aliphatic rings. The highest BCUT2D eigenvalue weighted by atomic mass is 16.5. The molecule has 0 aliphatic carbocycles. The maximum absolute atomic E-state index is 11.8. The number of rotatable bonds is 5. The largest absolute Gasteiger partial charge is 0.507 e. The molecule has 0 saturated carbocycles. The first-order valence-electron chi connectivity index (χ1n) is 9.79. The van der Waals surface area contributed by atoms with Gasteiger partial charge in [-0.2, -0.15) is 0 Å². The molecule has 4 aromatic carbocycles. The van der Waals surface area contributed by atoms with E-state index in [1.165, 1.54) is 12.1 Å². The topological polar surface area (TPSA) is 63.6 Å². The van der Waals surface area contributed by atoms with Crippen molar-refractivity contribution in [2.75, 3.05) is 0 Å². The van der Waals surface area contributed by atoms with Crippen molar-refractivity contribution in [2.45, 2.75) is 6.61 Å². The normalized spacial score (nSPS) is 9.81. The summed E-state index contributed by atoms with van der Waals surface area (Å²) in [5.74, 6) is -0.510. The number of phenolic OH excluding ortho intramolecular Hbond substituents is 1. The molecule has 31 heavy (non-hydrogen) atoms. The number of hydrogen-bond acceptors (Lipinski definition) is 4. The van der Waals surface area contributed by atoms with Crippen molar-refractivity contribution in [2.24, 2.45) is 0 Å². The van der Waals surface area contributed by atoms with Crippen LogP contribution in [0.1, 0.15) is 31.8 Å². The number of ketones is 1. The molecule has 4 aromatic rings. The van der Waals surface area contributed by atoms with Gasteiger partial charge in [0.2, 0.25) is 0 Å². The summed E-state index contributed by atoms with van der Waals surface area (Å²) >= 11 is 0. The predicted molar refractivity (Wildman–Crippen MR) is 120 cm³/mol. The third-order valence-electron chi connectivity index (χ3n) is 4.41. The number of carbonyl (C=O) groups is 2. The van der Waals surface area contributed by atoms with Crippen molar-refractivity contribution < 1.29 is 19.4 Å². The van der Waals surface area contributed by atoms with Gasteiger partial charge in [-0.15, -0.1) is 0 Å². The van der Waals surface area contributed by atoms with Gasteiger partial charge in [0.25, 0.3) is 0 Å². The average Bonchev–Trinajstić information content (AvgIpc) is 2.84. The maximum atomic E-state index is 11.8. The molecule has 0 radical (unpaired) electrons. The van der Waals surface area contributed by atoms with Crippen molar-refractivity contribution in [1.82, 2.24) is 0 Å². The number of esters is 1. The van der Waals surface area contributed by atoms with Crippen molar-refractivity contribution in [3.8, 4) is 5.75 Å². The van der Waals surface area contributed by atoms with E-state index in [9.17, 15) is 14.7 Å².